The Bertz CT molecular complexity index is 665. The molecule has 2 nitrogen and oxygen atoms in total. The molecule has 5 heteroatoms. The number of fused-ring (bicyclic) bond motifs is 1. The van der Waals surface area contributed by atoms with Gasteiger partial charge in [0, 0.05) is 31.9 Å². The van der Waals surface area contributed by atoms with E-state index in [1.54, 1.807) is 0 Å². The average Bonchev–Trinajstić information content (AvgIpc) is 2.79. The van der Waals surface area contributed by atoms with Gasteiger partial charge in [-0.15, -0.1) is 0 Å². The number of halogens is 3. The molecule has 0 aromatic heterocycles. The van der Waals surface area contributed by atoms with Crippen molar-refractivity contribution in [2.24, 2.45) is 0 Å². The molecule has 2 aromatic rings. The molecule has 3 rings (SSSR count). The molecule has 21 heavy (non-hydrogen) atoms. The number of likely N-dealkylation sites (N-methyl/N-ethyl adjacent to an activating group) is 1. The predicted molar refractivity (Wildman–Crippen MR) is 82.1 cm³/mol. The number of rotatable bonds is 3. The second-order valence-corrected chi connectivity index (χ2v) is 5.64. The smallest absolute Gasteiger partial charge is 0.150 e. The van der Waals surface area contributed by atoms with Gasteiger partial charge in [-0.05, 0) is 29.7 Å². The van der Waals surface area contributed by atoms with Crippen LogP contribution in [0.2, 0.25) is 5.02 Å². The fourth-order valence-electron chi connectivity index (χ4n) is 2.63. The largest absolute Gasteiger partial charge is 0.377 e. The number of anilines is 2. The Hall–Kier alpha value is -1.81. The van der Waals surface area contributed by atoms with Crippen LogP contribution in [0.25, 0.3) is 0 Å². The van der Waals surface area contributed by atoms with E-state index in [1.165, 1.54) is 11.3 Å². The van der Waals surface area contributed by atoms with Gasteiger partial charge < -0.3 is 10.2 Å². The molecule has 1 N–H and O–H groups in total. The molecule has 0 amide bonds. The highest BCUT2D eigenvalue weighted by Gasteiger charge is 2.16. The number of nitrogens with one attached hydrogen (secondary N) is 1. The Morgan fingerprint density at radius 3 is 2.81 bits per heavy atom. The Balaban J connectivity index is 1.77. The molecule has 0 saturated carbocycles. The van der Waals surface area contributed by atoms with Crippen molar-refractivity contribution in [3.63, 3.8) is 0 Å². The van der Waals surface area contributed by atoms with Gasteiger partial charge in [0.2, 0.25) is 0 Å². The highest BCUT2D eigenvalue weighted by molar-refractivity contribution is 6.33. The van der Waals surface area contributed by atoms with Crippen LogP contribution >= 0.6 is 11.6 Å². The van der Waals surface area contributed by atoms with Crippen LogP contribution < -0.4 is 10.2 Å². The Labute approximate surface area is 127 Å². The molecule has 0 unspecified atom stereocenters. The Morgan fingerprint density at radius 1 is 1.24 bits per heavy atom. The van der Waals surface area contributed by atoms with E-state index >= 15 is 0 Å². The van der Waals surface area contributed by atoms with E-state index in [0.29, 0.717) is 6.54 Å². The molecule has 0 radical (unpaired) electrons. The second kappa shape index (κ2) is 5.53. The third kappa shape index (κ3) is 2.81. The maximum atomic E-state index is 13.7. The summed E-state index contributed by atoms with van der Waals surface area (Å²) in [6.45, 7) is 1.46. The van der Waals surface area contributed by atoms with Crippen molar-refractivity contribution >= 4 is 23.0 Å². The highest BCUT2D eigenvalue weighted by atomic mass is 35.5. The zero-order chi connectivity index (χ0) is 15.0. The van der Waals surface area contributed by atoms with Gasteiger partial charge in [-0.2, -0.15) is 0 Å². The second-order valence-electron chi connectivity index (χ2n) is 5.23. The van der Waals surface area contributed by atoms with Crippen LogP contribution in [0.3, 0.4) is 0 Å². The molecule has 0 fully saturated rings. The van der Waals surface area contributed by atoms with Crippen molar-refractivity contribution in [3.05, 3.63) is 58.1 Å². The lowest BCUT2D eigenvalue weighted by atomic mass is 10.1. The van der Waals surface area contributed by atoms with Crippen molar-refractivity contribution in [1.29, 1.82) is 0 Å². The monoisotopic (exact) mass is 308 g/mol. The molecular weight excluding hydrogens is 294 g/mol. The Morgan fingerprint density at radius 2 is 2.05 bits per heavy atom. The fraction of sp³-hybridized carbons (Fsp3) is 0.250. The van der Waals surface area contributed by atoms with Crippen LogP contribution in [0.5, 0.6) is 0 Å². The fourth-order valence-corrected chi connectivity index (χ4v) is 2.89. The standard InChI is InChI=1S/C16H15ClF2N2/c1-21-5-4-11-6-10(2-3-15(11)21)9-20-16-13(17)7-12(18)8-14(16)19/h2-3,6-8,20H,4-5,9H2,1H3. The van der Waals surface area contributed by atoms with E-state index in [0.717, 1.165) is 30.7 Å². The molecule has 0 atom stereocenters. The van der Waals surface area contributed by atoms with E-state index in [1.807, 2.05) is 6.07 Å². The van der Waals surface area contributed by atoms with Crippen LogP contribution in [0.15, 0.2) is 30.3 Å². The zero-order valence-corrected chi connectivity index (χ0v) is 12.3. The zero-order valence-electron chi connectivity index (χ0n) is 11.6. The minimum atomic E-state index is -0.680. The van der Waals surface area contributed by atoms with Gasteiger partial charge in [-0.1, -0.05) is 23.7 Å². The van der Waals surface area contributed by atoms with E-state index in [9.17, 15) is 8.78 Å². The highest BCUT2D eigenvalue weighted by Crippen LogP contribution is 2.29. The molecule has 2 aromatic carbocycles. The van der Waals surface area contributed by atoms with Gasteiger partial charge in [0.15, 0.2) is 5.82 Å². The molecule has 0 aliphatic carbocycles. The minimum absolute atomic E-state index is 0.0494. The maximum Gasteiger partial charge on any atom is 0.150 e. The maximum absolute atomic E-state index is 13.7. The van der Waals surface area contributed by atoms with Crippen LogP contribution in [-0.4, -0.2) is 13.6 Å². The number of hydrogen-bond donors (Lipinski definition) is 1. The molecule has 1 aliphatic heterocycles. The van der Waals surface area contributed by atoms with Gasteiger partial charge in [0.1, 0.15) is 5.82 Å². The van der Waals surface area contributed by atoms with Crippen molar-refractivity contribution < 1.29 is 8.78 Å². The SMILES string of the molecule is CN1CCc2cc(CNc3c(F)cc(F)cc3Cl)ccc21. The molecule has 0 bridgehead atoms. The molecule has 0 spiro atoms. The van der Waals surface area contributed by atoms with E-state index in [-0.39, 0.29) is 10.7 Å². The van der Waals surface area contributed by atoms with Crippen molar-refractivity contribution in [2.45, 2.75) is 13.0 Å². The number of benzene rings is 2. The van der Waals surface area contributed by atoms with Crippen LogP contribution in [0.1, 0.15) is 11.1 Å². The third-order valence-electron chi connectivity index (χ3n) is 3.75. The van der Waals surface area contributed by atoms with Crippen molar-refractivity contribution in [1.82, 2.24) is 0 Å². The summed E-state index contributed by atoms with van der Waals surface area (Å²) in [6, 6.07) is 8.11. The number of nitrogens with zero attached hydrogens (tertiary/aromatic N) is 1. The van der Waals surface area contributed by atoms with E-state index in [2.05, 4.69) is 29.4 Å². The summed E-state index contributed by atoms with van der Waals surface area (Å²) < 4.78 is 26.7. The lowest BCUT2D eigenvalue weighted by Gasteiger charge is -2.13. The predicted octanol–water partition coefficient (Wildman–Crippen LogP) is 4.22. The molecular formula is C16H15ClF2N2. The van der Waals surface area contributed by atoms with Crippen LogP contribution in [-0.2, 0) is 13.0 Å². The van der Waals surface area contributed by atoms with Gasteiger partial charge >= 0.3 is 0 Å². The summed E-state index contributed by atoms with van der Waals surface area (Å²) in [4.78, 5) is 2.21. The Kier molecular flexibility index (Phi) is 3.72. The first-order valence-corrected chi connectivity index (χ1v) is 7.14. The lowest BCUT2D eigenvalue weighted by molar-refractivity contribution is 0.585. The minimum Gasteiger partial charge on any atom is -0.377 e. The van der Waals surface area contributed by atoms with Crippen molar-refractivity contribution in [2.75, 3.05) is 23.8 Å². The normalized spacial score (nSPS) is 13.4. The lowest BCUT2D eigenvalue weighted by Crippen LogP contribution is -2.12. The topological polar surface area (TPSA) is 15.3 Å². The molecule has 1 heterocycles. The number of hydrogen-bond acceptors (Lipinski definition) is 2. The molecule has 110 valence electrons. The molecule has 1 aliphatic rings. The summed E-state index contributed by atoms with van der Waals surface area (Å²) >= 11 is 5.86. The van der Waals surface area contributed by atoms with Crippen LogP contribution in [0, 0.1) is 11.6 Å². The van der Waals surface area contributed by atoms with Gasteiger partial charge in [0.05, 0.1) is 10.7 Å². The van der Waals surface area contributed by atoms with Gasteiger partial charge in [-0.3, -0.25) is 0 Å². The summed E-state index contributed by atoms with van der Waals surface area (Å²) in [5, 5.41) is 2.99. The van der Waals surface area contributed by atoms with Gasteiger partial charge in [0.25, 0.3) is 0 Å². The average molecular weight is 309 g/mol. The summed E-state index contributed by atoms with van der Waals surface area (Å²) in [5.41, 5.74) is 3.71. The first-order valence-electron chi connectivity index (χ1n) is 6.76. The first kappa shape index (κ1) is 14.1. The van der Waals surface area contributed by atoms with E-state index in [4.69, 9.17) is 11.6 Å². The van der Waals surface area contributed by atoms with Crippen molar-refractivity contribution in [3.8, 4) is 0 Å². The summed E-state index contributed by atoms with van der Waals surface area (Å²) in [5.74, 6) is -1.36. The quantitative estimate of drug-likeness (QED) is 0.913. The molecule has 0 saturated heterocycles. The summed E-state index contributed by atoms with van der Waals surface area (Å²) in [6.07, 6.45) is 1.02. The van der Waals surface area contributed by atoms with Gasteiger partial charge in [-0.25, -0.2) is 8.78 Å². The van der Waals surface area contributed by atoms with Crippen LogP contribution in [0.4, 0.5) is 20.2 Å². The first-order chi connectivity index (χ1) is 10.0. The third-order valence-corrected chi connectivity index (χ3v) is 4.05. The summed E-state index contributed by atoms with van der Waals surface area (Å²) in [7, 11) is 2.07. The van der Waals surface area contributed by atoms with E-state index < -0.39 is 11.6 Å².